The molecule has 27 heavy (non-hydrogen) atoms. The molecule has 142 valence electrons. The normalized spacial score (nSPS) is 11.9. The van der Waals surface area contributed by atoms with E-state index < -0.39 is 0 Å². The molecule has 1 amide bonds. The highest BCUT2D eigenvalue weighted by Crippen LogP contribution is 2.29. The number of carbonyl (C=O) groups excluding carboxylic acids is 1. The molecule has 9 nitrogen and oxygen atoms in total. The molecule has 0 aliphatic rings. The number of methoxy groups -OCH3 is 2. The van der Waals surface area contributed by atoms with E-state index in [9.17, 15) is 4.79 Å². The van der Waals surface area contributed by atoms with Crippen molar-refractivity contribution in [3.8, 4) is 11.5 Å². The summed E-state index contributed by atoms with van der Waals surface area (Å²) in [5.74, 6) is 1.85. The Labute approximate surface area is 156 Å². The Bertz CT molecular complexity index is 942. The maximum Gasteiger partial charge on any atom is 0.240 e. The number of carbonyl (C=O) groups is 1. The van der Waals surface area contributed by atoms with Gasteiger partial charge in [-0.25, -0.2) is 15.0 Å². The zero-order valence-corrected chi connectivity index (χ0v) is 15.7. The van der Waals surface area contributed by atoms with E-state index >= 15 is 0 Å². The fourth-order valence-corrected chi connectivity index (χ4v) is 2.87. The van der Waals surface area contributed by atoms with Crippen LogP contribution in [0.1, 0.15) is 18.5 Å². The highest BCUT2D eigenvalue weighted by atomic mass is 16.5. The van der Waals surface area contributed by atoms with E-state index in [4.69, 9.17) is 9.47 Å². The maximum atomic E-state index is 12.5. The summed E-state index contributed by atoms with van der Waals surface area (Å²) in [5.41, 5.74) is 2.09. The predicted octanol–water partition coefficient (Wildman–Crippen LogP) is 1.68. The molecule has 0 bridgehead atoms. The van der Waals surface area contributed by atoms with Crippen LogP contribution < -0.4 is 19.7 Å². The van der Waals surface area contributed by atoms with E-state index in [1.165, 1.54) is 6.33 Å². The van der Waals surface area contributed by atoms with Crippen molar-refractivity contribution < 1.29 is 14.3 Å². The molecule has 1 aromatic carbocycles. The van der Waals surface area contributed by atoms with Gasteiger partial charge in [-0.15, -0.1) is 0 Å². The van der Waals surface area contributed by atoms with E-state index in [-0.39, 0.29) is 18.5 Å². The number of H-pyrrole nitrogens is 1. The van der Waals surface area contributed by atoms with Crippen molar-refractivity contribution in [3.63, 3.8) is 0 Å². The number of aromatic amines is 1. The number of imidazole rings is 1. The molecule has 2 aromatic heterocycles. The molecule has 2 N–H and O–H groups in total. The van der Waals surface area contributed by atoms with E-state index in [0.717, 1.165) is 5.56 Å². The number of likely N-dealkylation sites (N-methyl/N-ethyl adjacent to an activating group) is 1. The van der Waals surface area contributed by atoms with Crippen LogP contribution in [0.2, 0.25) is 0 Å². The summed E-state index contributed by atoms with van der Waals surface area (Å²) in [6.07, 6.45) is 2.98. The van der Waals surface area contributed by atoms with Crippen molar-refractivity contribution in [3.05, 3.63) is 36.4 Å². The van der Waals surface area contributed by atoms with Crippen molar-refractivity contribution >= 4 is 22.9 Å². The number of nitrogens with zero attached hydrogens (tertiary/aromatic N) is 4. The Kier molecular flexibility index (Phi) is 5.39. The van der Waals surface area contributed by atoms with Crippen LogP contribution >= 0.6 is 0 Å². The number of nitrogens with one attached hydrogen (secondary N) is 2. The highest BCUT2D eigenvalue weighted by molar-refractivity contribution is 5.87. The zero-order valence-electron chi connectivity index (χ0n) is 15.7. The van der Waals surface area contributed by atoms with Gasteiger partial charge in [-0.05, 0) is 25.1 Å². The smallest absolute Gasteiger partial charge is 0.240 e. The molecule has 0 unspecified atom stereocenters. The second kappa shape index (κ2) is 7.90. The van der Waals surface area contributed by atoms with Gasteiger partial charge in [0.15, 0.2) is 11.5 Å². The first-order valence-corrected chi connectivity index (χ1v) is 8.40. The van der Waals surface area contributed by atoms with E-state index in [0.29, 0.717) is 28.5 Å². The fourth-order valence-electron chi connectivity index (χ4n) is 2.87. The van der Waals surface area contributed by atoms with Gasteiger partial charge in [-0.1, -0.05) is 0 Å². The third-order valence-corrected chi connectivity index (χ3v) is 4.23. The summed E-state index contributed by atoms with van der Waals surface area (Å²) in [4.78, 5) is 29.7. The molecular weight excluding hydrogens is 348 g/mol. The minimum Gasteiger partial charge on any atom is -0.497 e. The lowest BCUT2D eigenvalue weighted by Crippen LogP contribution is -2.37. The summed E-state index contributed by atoms with van der Waals surface area (Å²) >= 11 is 0. The van der Waals surface area contributed by atoms with Crippen LogP contribution in [0.15, 0.2) is 30.9 Å². The van der Waals surface area contributed by atoms with E-state index in [2.05, 4.69) is 25.3 Å². The van der Waals surface area contributed by atoms with Crippen molar-refractivity contribution in [1.82, 2.24) is 25.3 Å². The fraction of sp³-hybridized carbons (Fsp3) is 0.333. The second-order valence-corrected chi connectivity index (χ2v) is 6.05. The molecule has 0 saturated carbocycles. The number of benzene rings is 1. The summed E-state index contributed by atoms with van der Waals surface area (Å²) in [5, 5.41) is 2.98. The zero-order chi connectivity index (χ0) is 19.4. The lowest BCUT2D eigenvalue weighted by atomic mass is 10.1. The van der Waals surface area contributed by atoms with Gasteiger partial charge in [-0.3, -0.25) is 4.79 Å². The molecule has 0 radical (unpaired) electrons. The average molecular weight is 370 g/mol. The molecule has 1 atom stereocenters. The van der Waals surface area contributed by atoms with Crippen molar-refractivity contribution in [1.29, 1.82) is 0 Å². The molecule has 0 fully saturated rings. The maximum absolute atomic E-state index is 12.5. The molecule has 0 aliphatic carbocycles. The Morgan fingerprint density at radius 2 is 2.07 bits per heavy atom. The van der Waals surface area contributed by atoms with Gasteiger partial charge < -0.3 is 24.7 Å². The van der Waals surface area contributed by atoms with Crippen molar-refractivity contribution in [2.45, 2.75) is 13.0 Å². The predicted molar refractivity (Wildman–Crippen MR) is 101 cm³/mol. The standard InChI is InChI=1S/C18H22N6O3/c1-11(13-7-12(26-3)5-6-14(13)27-4)23-15(25)8-24(2)18-16-17(20-9-19-16)21-10-22-18/h5-7,9-11H,8H2,1-4H3,(H,23,25)(H,19,20,21,22)/t11-/m0/s1. The molecule has 9 heteroatoms. The van der Waals surface area contributed by atoms with Gasteiger partial charge in [0.2, 0.25) is 5.91 Å². The van der Waals surface area contributed by atoms with Gasteiger partial charge >= 0.3 is 0 Å². The third kappa shape index (κ3) is 3.91. The van der Waals surface area contributed by atoms with E-state index in [1.54, 1.807) is 32.5 Å². The van der Waals surface area contributed by atoms with Crippen LogP contribution in [0.25, 0.3) is 11.2 Å². The van der Waals surface area contributed by atoms with Gasteiger partial charge in [-0.2, -0.15) is 0 Å². The van der Waals surface area contributed by atoms with Gasteiger partial charge in [0.25, 0.3) is 0 Å². The van der Waals surface area contributed by atoms with Crippen LogP contribution in [0.4, 0.5) is 5.82 Å². The SMILES string of the molecule is COc1ccc(OC)c([C@H](C)NC(=O)CN(C)c2ncnc3nc[nH]c23)c1. The van der Waals surface area contributed by atoms with Crippen LogP contribution in [0.5, 0.6) is 11.5 Å². The minimum absolute atomic E-state index is 0.127. The number of anilines is 1. The molecule has 0 saturated heterocycles. The minimum atomic E-state index is -0.256. The van der Waals surface area contributed by atoms with Gasteiger partial charge in [0.05, 0.1) is 33.1 Å². The first kappa shape index (κ1) is 18.4. The first-order chi connectivity index (χ1) is 13.0. The third-order valence-electron chi connectivity index (χ3n) is 4.23. The number of amides is 1. The quantitative estimate of drug-likeness (QED) is 0.652. The van der Waals surface area contributed by atoms with Crippen LogP contribution in [-0.2, 0) is 4.79 Å². The van der Waals surface area contributed by atoms with Crippen LogP contribution in [0, 0.1) is 0 Å². The molecule has 0 spiro atoms. The Balaban J connectivity index is 1.71. The summed E-state index contributed by atoms with van der Waals surface area (Å²) in [7, 11) is 4.99. The number of fused-ring (bicyclic) bond motifs is 1. The largest absolute Gasteiger partial charge is 0.497 e. The average Bonchev–Trinajstić information content (AvgIpc) is 3.15. The summed E-state index contributed by atoms with van der Waals surface area (Å²) < 4.78 is 10.7. The number of rotatable bonds is 7. The van der Waals surface area contributed by atoms with Crippen molar-refractivity contribution in [2.24, 2.45) is 0 Å². The highest BCUT2D eigenvalue weighted by Gasteiger charge is 2.18. The van der Waals surface area contributed by atoms with Crippen LogP contribution in [-0.4, -0.2) is 53.7 Å². The lowest BCUT2D eigenvalue weighted by Gasteiger charge is -2.21. The number of ether oxygens (including phenoxy) is 2. The molecule has 0 aliphatic heterocycles. The van der Waals surface area contributed by atoms with Crippen LogP contribution in [0.3, 0.4) is 0 Å². The van der Waals surface area contributed by atoms with Gasteiger partial charge in [0.1, 0.15) is 23.3 Å². The van der Waals surface area contributed by atoms with E-state index in [1.807, 2.05) is 25.1 Å². The number of hydrogen-bond acceptors (Lipinski definition) is 7. The van der Waals surface area contributed by atoms with Crippen molar-refractivity contribution in [2.75, 3.05) is 32.7 Å². The summed E-state index contributed by atoms with van der Waals surface area (Å²) in [6, 6.07) is 5.23. The number of aromatic nitrogens is 4. The number of hydrogen-bond donors (Lipinski definition) is 2. The lowest BCUT2D eigenvalue weighted by molar-refractivity contribution is -0.120. The molecular formula is C18H22N6O3. The topological polar surface area (TPSA) is 105 Å². The Morgan fingerprint density at radius 1 is 1.26 bits per heavy atom. The van der Waals surface area contributed by atoms with Gasteiger partial charge in [0, 0.05) is 12.6 Å². The molecule has 2 heterocycles. The Morgan fingerprint density at radius 3 is 2.81 bits per heavy atom. The summed E-state index contributed by atoms with van der Waals surface area (Å²) in [6.45, 7) is 2.02. The molecule has 3 aromatic rings. The molecule has 3 rings (SSSR count). The second-order valence-electron chi connectivity index (χ2n) is 6.05. The first-order valence-electron chi connectivity index (χ1n) is 8.40. The Hall–Kier alpha value is -3.36. The monoisotopic (exact) mass is 370 g/mol.